The average Bonchev–Trinajstić information content (AvgIpc) is 2.75. The number of benzene rings is 1. The van der Waals surface area contributed by atoms with Crippen LogP contribution in [-0.2, 0) is 0 Å². The molecule has 0 radical (unpaired) electrons. The number of rotatable bonds is 1. The summed E-state index contributed by atoms with van der Waals surface area (Å²) in [5.74, 6) is 0.737. The molecule has 1 saturated carbocycles. The summed E-state index contributed by atoms with van der Waals surface area (Å²) in [6.45, 7) is 0. The lowest BCUT2D eigenvalue weighted by molar-refractivity contribution is 0.445. The molecule has 1 nitrogen and oxygen atoms in total. The van der Waals surface area contributed by atoms with Crippen LogP contribution in [0.2, 0.25) is 5.02 Å². The molecule has 0 unspecified atom stereocenters. The van der Waals surface area contributed by atoms with Gasteiger partial charge in [-0.3, -0.25) is 0 Å². The highest BCUT2D eigenvalue weighted by atomic mass is 35.5. The van der Waals surface area contributed by atoms with Crippen molar-refractivity contribution in [1.29, 1.82) is 0 Å². The van der Waals surface area contributed by atoms with Crippen molar-refractivity contribution in [2.24, 2.45) is 0 Å². The molecule has 0 aliphatic heterocycles. The molecule has 3 rings (SSSR count). The molecule has 1 fully saturated rings. The largest absolute Gasteiger partial charge is 0.360 e. The Morgan fingerprint density at radius 2 is 1.94 bits per heavy atom. The van der Waals surface area contributed by atoms with Gasteiger partial charge in [-0.25, -0.2) is 0 Å². The van der Waals surface area contributed by atoms with Crippen LogP contribution in [0.5, 0.6) is 0 Å². The van der Waals surface area contributed by atoms with E-state index in [0.29, 0.717) is 0 Å². The third kappa shape index (κ3) is 1.63. The van der Waals surface area contributed by atoms with E-state index in [-0.39, 0.29) is 0 Å². The molecule has 0 atom stereocenters. The van der Waals surface area contributed by atoms with Gasteiger partial charge < -0.3 is 4.98 Å². The zero-order valence-electron chi connectivity index (χ0n) is 9.30. The first-order chi connectivity index (χ1) is 7.86. The number of aromatic amines is 1. The van der Waals surface area contributed by atoms with Crippen molar-refractivity contribution in [3.05, 3.63) is 35.0 Å². The summed E-state index contributed by atoms with van der Waals surface area (Å²) in [5, 5.41) is 2.15. The summed E-state index contributed by atoms with van der Waals surface area (Å²) >= 11 is 6.18. The third-order valence-electron chi connectivity index (χ3n) is 3.74. The summed E-state index contributed by atoms with van der Waals surface area (Å²) in [6, 6.07) is 6.18. The van der Waals surface area contributed by atoms with Gasteiger partial charge in [0.15, 0.2) is 0 Å². The Morgan fingerprint density at radius 3 is 2.75 bits per heavy atom. The van der Waals surface area contributed by atoms with Crippen LogP contribution in [0.25, 0.3) is 10.9 Å². The molecular formula is C14H16ClN. The zero-order valence-corrected chi connectivity index (χ0v) is 10.1. The maximum atomic E-state index is 6.18. The molecule has 84 valence electrons. The molecule has 0 bridgehead atoms. The van der Waals surface area contributed by atoms with Crippen molar-refractivity contribution < 1.29 is 0 Å². The van der Waals surface area contributed by atoms with Gasteiger partial charge >= 0.3 is 0 Å². The Balaban J connectivity index is 2.06. The van der Waals surface area contributed by atoms with Gasteiger partial charge in [-0.05, 0) is 30.4 Å². The Morgan fingerprint density at radius 1 is 1.12 bits per heavy atom. The van der Waals surface area contributed by atoms with Crippen molar-refractivity contribution in [1.82, 2.24) is 4.98 Å². The molecule has 1 aliphatic carbocycles. The number of halogens is 1. The molecule has 16 heavy (non-hydrogen) atoms. The van der Waals surface area contributed by atoms with Gasteiger partial charge in [0.2, 0.25) is 0 Å². The quantitative estimate of drug-likeness (QED) is 0.723. The Labute approximate surface area is 101 Å². The fourth-order valence-electron chi connectivity index (χ4n) is 2.89. The third-order valence-corrected chi connectivity index (χ3v) is 4.06. The van der Waals surface area contributed by atoms with E-state index in [1.165, 1.54) is 43.1 Å². The van der Waals surface area contributed by atoms with Gasteiger partial charge in [0.25, 0.3) is 0 Å². The van der Waals surface area contributed by atoms with Crippen LogP contribution in [0.3, 0.4) is 0 Å². The summed E-state index contributed by atoms with van der Waals surface area (Å²) in [7, 11) is 0. The highest BCUT2D eigenvalue weighted by Crippen LogP contribution is 2.37. The van der Waals surface area contributed by atoms with E-state index in [1.807, 2.05) is 12.1 Å². The van der Waals surface area contributed by atoms with Crippen molar-refractivity contribution in [2.75, 3.05) is 0 Å². The molecule has 0 spiro atoms. The summed E-state index contributed by atoms with van der Waals surface area (Å²) in [6.07, 6.45) is 8.97. The van der Waals surface area contributed by atoms with E-state index in [2.05, 4.69) is 17.2 Å². The number of hydrogen-bond donors (Lipinski definition) is 1. The first kappa shape index (κ1) is 10.2. The number of aromatic nitrogens is 1. The van der Waals surface area contributed by atoms with Gasteiger partial charge in [-0.2, -0.15) is 0 Å². The smallest absolute Gasteiger partial charge is 0.0647 e. The van der Waals surface area contributed by atoms with Crippen LogP contribution >= 0.6 is 11.6 Å². The van der Waals surface area contributed by atoms with Crippen LogP contribution in [-0.4, -0.2) is 4.98 Å². The molecule has 0 amide bonds. The number of H-pyrrole nitrogens is 1. The maximum absolute atomic E-state index is 6.18. The van der Waals surface area contributed by atoms with Gasteiger partial charge in [0, 0.05) is 11.6 Å². The second-order valence-electron chi connectivity index (χ2n) is 4.74. The fraction of sp³-hybridized carbons (Fsp3) is 0.429. The van der Waals surface area contributed by atoms with Gasteiger partial charge in [0.1, 0.15) is 0 Å². The van der Waals surface area contributed by atoms with Crippen LogP contribution in [0.15, 0.2) is 24.4 Å². The van der Waals surface area contributed by atoms with Crippen LogP contribution < -0.4 is 0 Å². The van der Waals surface area contributed by atoms with Gasteiger partial charge in [-0.15, -0.1) is 0 Å². The van der Waals surface area contributed by atoms with Crippen molar-refractivity contribution in [3.8, 4) is 0 Å². The highest BCUT2D eigenvalue weighted by molar-refractivity contribution is 6.35. The lowest BCUT2D eigenvalue weighted by Gasteiger charge is -2.21. The van der Waals surface area contributed by atoms with E-state index in [0.717, 1.165) is 16.5 Å². The molecule has 1 aliphatic rings. The van der Waals surface area contributed by atoms with Crippen LogP contribution in [0, 0.1) is 0 Å². The number of nitrogens with one attached hydrogen (secondary N) is 1. The normalized spacial score (nSPS) is 18.1. The first-order valence-corrected chi connectivity index (χ1v) is 6.49. The minimum absolute atomic E-state index is 0.737. The minimum atomic E-state index is 0.737. The monoisotopic (exact) mass is 233 g/mol. The number of fused-ring (bicyclic) bond motifs is 1. The molecule has 0 saturated heterocycles. The first-order valence-electron chi connectivity index (χ1n) is 6.12. The second-order valence-corrected chi connectivity index (χ2v) is 5.15. The summed E-state index contributed by atoms with van der Waals surface area (Å²) in [4.78, 5) is 3.32. The van der Waals surface area contributed by atoms with Gasteiger partial charge in [-0.1, -0.05) is 43.0 Å². The van der Waals surface area contributed by atoms with E-state index in [9.17, 15) is 0 Å². The molecule has 2 heteroatoms. The van der Waals surface area contributed by atoms with Crippen LogP contribution in [0.4, 0.5) is 0 Å². The minimum Gasteiger partial charge on any atom is -0.360 e. The lowest BCUT2D eigenvalue weighted by atomic mass is 9.84. The van der Waals surface area contributed by atoms with Crippen molar-refractivity contribution in [2.45, 2.75) is 38.0 Å². The van der Waals surface area contributed by atoms with E-state index < -0.39 is 0 Å². The van der Waals surface area contributed by atoms with E-state index in [4.69, 9.17) is 11.6 Å². The van der Waals surface area contributed by atoms with Gasteiger partial charge in [0.05, 0.1) is 10.5 Å². The molecule has 1 heterocycles. The molecule has 1 aromatic carbocycles. The summed E-state index contributed by atoms with van der Waals surface area (Å²) < 4.78 is 0. The molecular weight excluding hydrogens is 218 g/mol. The Hall–Kier alpha value is -0.950. The summed E-state index contributed by atoms with van der Waals surface area (Å²) in [5.41, 5.74) is 2.57. The van der Waals surface area contributed by atoms with Crippen molar-refractivity contribution >= 4 is 22.5 Å². The Bertz CT molecular complexity index is 494. The van der Waals surface area contributed by atoms with E-state index in [1.54, 1.807) is 0 Å². The predicted molar refractivity (Wildman–Crippen MR) is 69.1 cm³/mol. The predicted octanol–water partition coefficient (Wildman–Crippen LogP) is 4.87. The molecule has 1 N–H and O–H groups in total. The topological polar surface area (TPSA) is 15.8 Å². The molecule has 1 aromatic heterocycles. The van der Waals surface area contributed by atoms with Crippen molar-refractivity contribution in [3.63, 3.8) is 0 Å². The molecule has 2 aromatic rings. The average molecular weight is 234 g/mol. The lowest BCUT2D eigenvalue weighted by Crippen LogP contribution is -2.03. The number of para-hydroxylation sites is 1. The van der Waals surface area contributed by atoms with Crippen LogP contribution in [0.1, 0.15) is 43.6 Å². The second kappa shape index (κ2) is 4.14. The van der Waals surface area contributed by atoms with E-state index >= 15 is 0 Å². The highest BCUT2D eigenvalue weighted by Gasteiger charge is 2.18. The SMILES string of the molecule is Clc1cccc2c(C3CCCCC3)c[nH]c12. The number of hydrogen-bond acceptors (Lipinski definition) is 0. The zero-order chi connectivity index (χ0) is 11.0. The Kier molecular flexibility index (Phi) is 2.64. The maximum Gasteiger partial charge on any atom is 0.0647 e. The fourth-order valence-corrected chi connectivity index (χ4v) is 3.12. The standard InChI is InChI=1S/C14H16ClN/c15-13-8-4-7-11-12(9-16-14(11)13)10-5-2-1-3-6-10/h4,7-10,16H,1-3,5-6H2.